The summed E-state index contributed by atoms with van der Waals surface area (Å²) in [6, 6.07) is 20.3. The molecule has 110 valence electrons. The summed E-state index contributed by atoms with van der Waals surface area (Å²) in [6.45, 7) is 6.74. The van der Waals surface area contributed by atoms with Gasteiger partial charge in [-0.3, -0.25) is 0 Å². The summed E-state index contributed by atoms with van der Waals surface area (Å²) in [5, 5.41) is 11.1. The number of hydrogen-bond acceptors (Lipinski definition) is 0. The van der Waals surface area contributed by atoms with Gasteiger partial charge in [0, 0.05) is 0 Å². The van der Waals surface area contributed by atoms with Gasteiger partial charge in [-0.25, -0.2) is 0 Å². The average Bonchev–Trinajstić information content (AvgIpc) is 2.58. The molecule has 0 radical (unpaired) electrons. The van der Waals surface area contributed by atoms with Crippen molar-refractivity contribution in [3.63, 3.8) is 0 Å². The Morgan fingerprint density at radius 3 is 2.13 bits per heavy atom. The normalized spacial score (nSPS) is 12.1. The number of rotatable bonds is 0. The van der Waals surface area contributed by atoms with Gasteiger partial charge in [-0.05, 0) is 86.6 Å². The topological polar surface area (TPSA) is 0 Å². The molecule has 5 aromatic carbocycles. The third-order valence-corrected chi connectivity index (χ3v) is 5.59. The maximum absolute atomic E-state index is 2.40. The first-order chi connectivity index (χ1) is 11.2. The highest BCUT2D eigenvalue weighted by Crippen LogP contribution is 2.42. The lowest BCUT2D eigenvalue weighted by Crippen LogP contribution is -1.92. The summed E-state index contributed by atoms with van der Waals surface area (Å²) in [5.74, 6) is 0. The van der Waals surface area contributed by atoms with Gasteiger partial charge in [0.2, 0.25) is 0 Å². The predicted molar refractivity (Wildman–Crippen MR) is 102 cm³/mol. The molecule has 0 aliphatic carbocycles. The molecule has 0 saturated carbocycles. The van der Waals surface area contributed by atoms with Gasteiger partial charge in [0.05, 0.1) is 0 Å². The van der Waals surface area contributed by atoms with E-state index in [1.165, 1.54) is 59.8 Å². The van der Waals surface area contributed by atoms with Crippen LogP contribution in [-0.4, -0.2) is 0 Å². The van der Waals surface area contributed by atoms with Crippen molar-refractivity contribution < 1.29 is 0 Å². The van der Waals surface area contributed by atoms with Crippen LogP contribution in [0.3, 0.4) is 0 Å². The zero-order valence-corrected chi connectivity index (χ0v) is 13.7. The molecule has 5 aromatic rings. The molecule has 0 aliphatic rings. The van der Waals surface area contributed by atoms with E-state index in [1.54, 1.807) is 0 Å². The van der Waals surface area contributed by atoms with Crippen molar-refractivity contribution in [2.75, 3.05) is 0 Å². The molecule has 0 heteroatoms. The molecular weight excluding hydrogens is 276 g/mol. The van der Waals surface area contributed by atoms with Crippen molar-refractivity contribution >= 4 is 43.1 Å². The second kappa shape index (κ2) is 4.23. The molecule has 5 rings (SSSR count). The SMILES string of the molecule is Cc1cccc2c1cc1c(C)c(C)c3cccc4ccc2c1c43. The van der Waals surface area contributed by atoms with Gasteiger partial charge in [-0.2, -0.15) is 0 Å². The van der Waals surface area contributed by atoms with Crippen molar-refractivity contribution in [1.82, 2.24) is 0 Å². The molecule has 0 unspecified atom stereocenters. The Morgan fingerprint density at radius 1 is 0.522 bits per heavy atom. The molecule has 0 fully saturated rings. The Morgan fingerprint density at radius 2 is 1.26 bits per heavy atom. The predicted octanol–water partition coefficient (Wildman–Crippen LogP) is 6.66. The van der Waals surface area contributed by atoms with Crippen molar-refractivity contribution in [3.8, 4) is 0 Å². The molecule has 0 aromatic heterocycles. The maximum Gasteiger partial charge on any atom is -0.00175 e. The van der Waals surface area contributed by atoms with Crippen LogP contribution < -0.4 is 0 Å². The van der Waals surface area contributed by atoms with E-state index in [0.29, 0.717) is 0 Å². The zero-order valence-electron chi connectivity index (χ0n) is 13.7. The van der Waals surface area contributed by atoms with E-state index in [0.717, 1.165) is 0 Å². The van der Waals surface area contributed by atoms with Crippen LogP contribution in [0.2, 0.25) is 0 Å². The summed E-state index contributed by atoms with van der Waals surface area (Å²) in [5.41, 5.74) is 4.17. The first-order valence-electron chi connectivity index (χ1n) is 8.23. The van der Waals surface area contributed by atoms with Gasteiger partial charge >= 0.3 is 0 Å². The lowest BCUT2D eigenvalue weighted by Gasteiger charge is -2.18. The van der Waals surface area contributed by atoms with E-state index >= 15 is 0 Å². The van der Waals surface area contributed by atoms with E-state index in [9.17, 15) is 0 Å². The van der Waals surface area contributed by atoms with E-state index in [-0.39, 0.29) is 0 Å². The number of fused-ring (bicyclic) bond motifs is 2. The van der Waals surface area contributed by atoms with Gasteiger partial charge in [0.15, 0.2) is 0 Å². The van der Waals surface area contributed by atoms with Crippen molar-refractivity contribution in [3.05, 3.63) is 71.3 Å². The molecule has 0 atom stereocenters. The molecule has 0 heterocycles. The molecule has 0 saturated heterocycles. The fraction of sp³-hybridized carbons (Fsp3) is 0.130. The molecule has 0 aliphatic heterocycles. The molecule has 0 N–H and O–H groups in total. The van der Waals surface area contributed by atoms with Crippen LogP contribution in [0.5, 0.6) is 0 Å². The molecule has 0 amide bonds. The Hall–Kier alpha value is -2.60. The van der Waals surface area contributed by atoms with E-state index in [1.807, 2.05) is 0 Å². The molecule has 0 nitrogen and oxygen atoms in total. The highest BCUT2D eigenvalue weighted by atomic mass is 14.2. The molecule has 23 heavy (non-hydrogen) atoms. The fourth-order valence-electron chi connectivity index (χ4n) is 4.22. The Balaban J connectivity index is 2.25. The monoisotopic (exact) mass is 294 g/mol. The quantitative estimate of drug-likeness (QED) is 0.221. The molecular formula is C23H18. The fourth-order valence-corrected chi connectivity index (χ4v) is 4.22. The second-order valence-corrected chi connectivity index (χ2v) is 6.74. The molecule has 0 bridgehead atoms. The Bertz CT molecular complexity index is 1230. The van der Waals surface area contributed by atoms with Crippen LogP contribution in [0.25, 0.3) is 43.1 Å². The number of benzene rings is 5. The van der Waals surface area contributed by atoms with Crippen molar-refractivity contribution in [2.24, 2.45) is 0 Å². The second-order valence-electron chi connectivity index (χ2n) is 6.74. The van der Waals surface area contributed by atoms with Crippen LogP contribution in [0.1, 0.15) is 16.7 Å². The zero-order chi connectivity index (χ0) is 15.7. The van der Waals surface area contributed by atoms with Gasteiger partial charge < -0.3 is 0 Å². The van der Waals surface area contributed by atoms with Crippen molar-refractivity contribution in [2.45, 2.75) is 20.8 Å². The largest absolute Gasteiger partial charge is 0.0613 e. The highest BCUT2D eigenvalue weighted by molar-refractivity contribution is 6.30. The first kappa shape index (κ1) is 12.9. The van der Waals surface area contributed by atoms with Crippen LogP contribution in [0.4, 0.5) is 0 Å². The minimum atomic E-state index is 1.34. The lowest BCUT2D eigenvalue weighted by molar-refractivity contribution is 1.42. The summed E-state index contributed by atoms with van der Waals surface area (Å²) in [4.78, 5) is 0. The van der Waals surface area contributed by atoms with Crippen molar-refractivity contribution in [1.29, 1.82) is 0 Å². The summed E-state index contributed by atoms with van der Waals surface area (Å²) in [6.07, 6.45) is 0. The van der Waals surface area contributed by atoms with E-state index < -0.39 is 0 Å². The van der Waals surface area contributed by atoms with Crippen LogP contribution in [-0.2, 0) is 0 Å². The standard InChI is InChI=1S/C23H18/c1-13-6-4-9-18-19-11-10-16-7-5-8-17-14(2)15(3)21(12-20(13)18)23(19)22(16)17/h4-12H,1-3H3. The highest BCUT2D eigenvalue weighted by Gasteiger charge is 2.15. The van der Waals surface area contributed by atoms with Crippen LogP contribution in [0, 0.1) is 20.8 Å². The van der Waals surface area contributed by atoms with Gasteiger partial charge in [0.1, 0.15) is 0 Å². The van der Waals surface area contributed by atoms with Crippen LogP contribution >= 0.6 is 0 Å². The molecule has 0 spiro atoms. The third kappa shape index (κ3) is 1.51. The van der Waals surface area contributed by atoms with Gasteiger partial charge in [0.25, 0.3) is 0 Å². The smallest absolute Gasteiger partial charge is 0.00175 e. The minimum absolute atomic E-state index is 1.34. The van der Waals surface area contributed by atoms with E-state index in [4.69, 9.17) is 0 Å². The minimum Gasteiger partial charge on any atom is -0.0613 e. The summed E-state index contributed by atoms with van der Waals surface area (Å²) in [7, 11) is 0. The number of aryl methyl sites for hydroxylation is 3. The third-order valence-electron chi connectivity index (χ3n) is 5.59. The summed E-state index contributed by atoms with van der Waals surface area (Å²) >= 11 is 0. The number of hydrogen-bond donors (Lipinski definition) is 0. The average molecular weight is 294 g/mol. The maximum atomic E-state index is 2.40. The summed E-state index contributed by atoms with van der Waals surface area (Å²) < 4.78 is 0. The first-order valence-corrected chi connectivity index (χ1v) is 8.23. The van der Waals surface area contributed by atoms with Gasteiger partial charge in [-0.1, -0.05) is 48.5 Å². The lowest BCUT2D eigenvalue weighted by atomic mass is 9.86. The van der Waals surface area contributed by atoms with Crippen LogP contribution in [0.15, 0.2) is 54.6 Å². The Kier molecular flexibility index (Phi) is 2.37. The van der Waals surface area contributed by atoms with E-state index in [2.05, 4.69) is 75.4 Å². The van der Waals surface area contributed by atoms with Gasteiger partial charge in [-0.15, -0.1) is 0 Å². The Labute approximate surface area is 135 Å².